The first-order valence-corrected chi connectivity index (χ1v) is 9.58. The van der Waals surface area contributed by atoms with Gasteiger partial charge in [-0.25, -0.2) is 4.79 Å². The number of Topliss-reactive ketones (excluding diaryl/α,β-unsaturated/α-hetero) is 1. The van der Waals surface area contributed by atoms with Gasteiger partial charge in [0, 0.05) is 17.2 Å². The Kier molecular flexibility index (Phi) is 6.77. The smallest absolute Gasteiger partial charge is 0.345 e. The van der Waals surface area contributed by atoms with Crippen molar-refractivity contribution in [3.05, 3.63) is 105 Å². The molecule has 0 unspecified atom stereocenters. The van der Waals surface area contributed by atoms with Gasteiger partial charge in [-0.2, -0.15) is 0 Å². The first kappa shape index (κ1) is 21.7. The van der Waals surface area contributed by atoms with Crippen LogP contribution in [0.2, 0.25) is 0 Å². The Bertz CT molecular complexity index is 1090. The first-order valence-electron chi connectivity index (χ1n) is 9.58. The number of aryl methyl sites for hydroxylation is 2. The molecule has 0 aliphatic heterocycles. The lowest BCUT2D eigenvalue weighted by atomic mass is 9.98. The molecule has 0 heterocycles. The molecule has 0 amide bonds. The van der Waals surface area contributed by atoms with E-state index < -0.39 is 23.6 Å². The molecule has 0 bridgehead atoms. The third kappa shape index (κ3) is 5.54. The van der Waals surface area contributed by atoms with E-state index in [1.165, 1.54) is 18.2 Å². The van der Waals surface area contributed by atoms with Gasteiger partial charge in [0.05, 0.1) is 4.92 Å². The first-order chi connectivity index (χ1) is 14.8. The highest BCUT2D eigenvalue weighted by Gasteiger charge is 2.27. The van der Waals surface area contributed by atoms with Gasteiger partial charge in [0.25, 0.3) is 0 Å². The molecule has 3 aromatic carbocycles. The predicted octanol–water partition coefficient (Wildman–Crippen LogP) is 4.76. The maximum Gasteiger partial charge on any atom is 0.345 e. The van der Waals surface area contributed by atoms with Crippen LogP contribution >= 0.6 is 0 Å². The summed E-state index contributed by atoms with van der Waals surface area (Å²) in [5.74, 6) is -1.24. The molecular formula is C24H21NO6. The molecule has 0 fully saturated rings. The molecule has 0 aliphatic rings. The van der Waals surface area contributed by atoms with Gasteiger partial charge < -0.3 is 9.47 Å². The van der Waals surface area contributed by atoms with Crippen LogP contribution in [0.4, 0.5) is 5.69 Å². The number of rotatable bonds is 8. The molecule has 0 saturated heterocycles. The lowest BCUT2D eigenvalue weighted by Gasteiger charge is -2.18. The summed E-state index contributed by atoms with van der Waals surface area (Å²) < 4.78 is 10.8. The topological polar surface area (TPSA) is 95.7 Å². The van der Waals surface area contributed by atoms with E-state index >= 15 is 0 Å². The number of nitrogens with zero attached hydrogens (tertiary/aromatic N) is 1. The number of ether oxygens (including phenoxy) is 2. The van der Waals surface area contributed by atoms with Crippen molar-refractivity contribution in [2.24, 2.45) is 0 Å². The number of para-hydroxylation sites is 2. The van der Waals surface area contributed by atoms with E-state index in [-0.39, 0.29) is 17.2 Å². The minimum Gasteiger partial charge on any atom is -0.475 e. The van der Waals surface area contributed by atoms with Crippen molar-refractivity contribution in [1.82, 2.24) is 0 Å². The fraction of sp³-hybridized carbons (Fsp3) is 0.167. The number of hydrogen-bond acceptors (Lipinski definition) is 6. The van der Waals surface area contributed by atoms with Gasteiger partial charge in [-0.15, -0.1) is 0 Å². The normalized spacial score (nSPS) is 11.4. The summed E-state index contributed by atoms with van der Waals surface area (Å²) >= 11 is 0. The highest BCUT2D eigenvalue weighted by Crippen LogP contribution is 2.27. The number of nitro benzene ring substituents is 1. The second kappa shape index (κ2) is 9.67. The molecule has 0 aliphatic carbocycles. The number of benzene rings is 3. The van der Waals surface area contributed by atoms with Crippen molar-refractivity contribution in [3.8, 4) is 5.75 Å². The number of carbonyl (C=O) groups is 2. The maximum atomic E-state index is 13.1. The van der Waals surface area contributed by atoms with Crippen LogP contribution in [0.3, 0.4) is 0 Å². The second-order valence-electron chi connectivity index (χ2n) is 7.02. The quantitative estimate of drug-likeness (QED) is 0.226. The Morgan fingerprint density at radius 2 is 1.48 bits per heavy atom. The third-order valence-corrected chi connectivity index (χ3v) is 4.61. The van der Waals surface area contributed by atoms with Gasteiger partial charge >= 0.3 is 11.7 Å². The zero-order valence-corrected chi connectivity index (χ0v) is 17.1. The Labute approximate surface area is 179 Å². The molecule has 1 atom stereocenters. The number of hydrogen-bond donors (Lipinski definition) is 0. The van der Waals surface area contributed by atoms with Crippen LogP contribution in [-0.4, -0.2) is 23.3 Å². The van der Waals surface area contributed by atoms with E-state index in [0.29, 0.717) is 11.1 Å². The molecule has 158 valence electrons. The van der Waals surface area contributed by atoms with Crippen molar-refractivity contribution < 1.29 is 24.0 Å². The van der Waals surface area contributed by atoms with E-state index in [2.05, 4.69) is 0 Å². The Hall–Kier alpha value is -4.00. The predicted molar refractivity (Wildman–Crippen MR) is 114 cm³/mol. The molecule has 0 spiro atoms. The fourth-order valence-corrected chi connectivity index (χ4v) is 2.92. The highest BCUT2D eigenvalue weighted by atomic mass is 16.6. The molecular weight excluding hydrogens is 398 g/mol. The van der Waals surface area contributed by atoms with E-state index in [1.54, 1.807) is 42.5 Å². The van der Waals surface area contributed by atoms with Crippen LogP contribution in [0.15, 0.2) is 72.8 Å². The summed E-state index contributed by atoms with van der Waals surface area (Å²) in [7, 11) is 0. The zero-order valence-electron chi connectivity index (χ0n) is 17.1. The summed E-state index contributed by atoms with van der Waals surface area (Å²) in [4.78, 5) is 36.0. The summed E-state index contributed by atoms with van der Waals surface area (Å²) in [5.41, 5.74) is 2.66. The van der Waals surface area contributed by atoms with Crippen LogP contribution in [0.5, 0.6) is 5.75 Å². The average molecular weight is 419 g/mol. The number of carbonyl (C=O) groups excluding carboxylic acids is 2. The average Bonchev–Trinajstić information content (AvgIpc) is 2.77. The van der Waals surface area contributed by atoms with Crippen molar-refractivity contribution in [2.75, 3.05) is 6.61 Å². The maximum absolute atomic E-state index is 13.1. The van der Waals surface area contributed by atoms with Crippen molar-refractivity contribution in [1.29, 1.82) is 0 Å². The van der Waals surface area contributed by atoms with Gasteiger partial charge in [0.2, 0.25) is 5.78 Å². The van der Waals surface area contributed by atoms with E-state index in [4.69, 9.17) is 9.47 Å². The Morgan fingerprint density at radius 3 is 2.10 bits per heavy atom. The summed E-state index contributed by atoms with van der Waals surface area (Å²) in [6.45, 7) is 3.24. The third-order valence-electron chi connectivity index (χ3n) is 4.61. The van der Waals surface area contributed by atoms with Crippen LogP contribution in [0.1, 0.15) is 33.2 Å². The molecule has 3 aromatic rings. The van der Waals surface area contributed by atoms with Gasteiger partial charge in [0.1, 0.15) is 0 Å². The van der Waals surface area contributed by atoms with Crippen LogP contribution in [0, 0.1) is 24.0 Å². The number of esters is 1. The SMILES string of the molecule is Cc1ccc(C(=O)[C@@H](OC(=O)COc2ccccc2[N+](=O)[O-])c2ccc(C)cc2)cc1. The van der Waals surface area contributed by atoms with E-state index in [1.807, 2.05) is 26.0 Å². The van der Waals surface area contributed by atoms with Crippen LogP contribution in [-0.2, 0) is 9.53 Å². The monoisotopic (exact) mass is 419 g/mol. The molecule has 0 radical (unpaired) electrons. The number of ketones is 1. The molecule has 31 heavy (non-hydrogen) atoms. The lowest BCUT2D eigenvalue weighted by Crippen LogP contribution is -2.24. The minimum atomic E-state index is -1.16. The van der Waals surface area contributed by atoms with Crippen molar-refractivity contribution in [3.63, 3.8) is 0 Å². The zero-order chi connectivity index (χ0) is 22.4. The largest absolute Gasteiger partial charge is 0.475 e. The van der Waals surface area contributed by atoms with Gasteiger partial charge in [0.15, 0.2) is 18.5 Å². The van der Waals surface area contributed by atoms with E-state index in [0.717, 1.165) is 11.1 Å². The molecule has 0 N–H and O–H groups in total. The Morgan fingerprint density at radius 1 is 0.903 bits per heavy atom. The van der Waals surface area contributed by atoms with Crippen molar-refractivity contribution >= 4 is 17.4 Å². The fourth-order valence-electron chi connectivity index (χ4n) is 2.92. The van der Waals surface area contributed by atoms with E-state index in [9.17, 15) is 19.7 Å². The number of nitro groups is 1. The molecule has 0 aromatic heterocycles. The molecule has 3 rings (SSSR count). The van der Waals surface area contributed by atoms with Crippen LogP contribution < -0.4 is 4.74 Å². The molecule has 7 heteroatoms. The van der Waals surface area contributed by atoms with Gasteiger partial charge in [-0.05, 0) is 19.9 Å². The standard InChI is InChI=1S/C24H21NO6/c1-16-7-11-18(12-8-16)23(27)24(19-13-9-17(2)10-14-19)31-22(26)15-30-21-6-4-3-5-20(21)25(28)29/h3-14,24H,15H2,1-2H3/t24-/m0/s1. The Balaban J connectivity index is 1.79. The summed E-state index contributed by atoms with van der Waals surface area (Å²) in [6.07, 6.45) is -1.16. The van der Waals surface area contributed by atoms with Crippen LogP contribution in [0.25, 0.3) is 0 Å². The highest BCUT2D eigenvalue weighted by molar-refractivity contribution is 6.01. The van der Waals surface area contributed by atoms with Gasteiger partial charge in [-0.1, -0.05) is 71.8 Å². The second-order valence-corrected chi connectivity index (χ2v) is 7.02. The molecule has 0 saturated carbocycles. The summed E-state index contributed by atoms with van der Waals surface area (Å²) in [6, 6.07) is 19.8. The minimum absolute atomic E-state index is 0.0544. The summed E-state index contributed by atoms with van der Waals surface area (Å²) in [5, 5.41) is 11.1. The lowest BCUT2D eigenvalue weighted by molar-refractivity contribution is -0.385. The van der Waals surface area contributed by atoms with Crippen molar-refractivity contribution in [2.45, 2.75) is 20.0 Å². The molecule has 7 nitrogen and oxygen atoms in total. The van der Waals surface area contributed by atoms with Gasteiger partial charge in [-0.3, -0.25) is 14.9 Å².